The van der Waals surface area contributed by atoms with Crippen LogP contribution in [0.2, 0.25) is 0 Å². The minimum atomic E-state index is -4.59. The van der Waals surface area contributed by atoms with Crippen molar-refractivity contribution in [1.82, 2.24) is 19.6 Å². The van der Waals surface area contributed by atoms with Gasteiger partial charge in [0.2, 0.25) is 0 Å². The first-order valence-electron chi connectivity index (χ1n) is 12.2. The monoisotopic (exact) mass is 520 g/mol. The Balaban J connectivity index is 0.000000208. The Bertz CT molecular complexity index is 1110. The zero-order valence-corrected chi connectivity index (χ0v) is 21.5. The lowest BCUT2D eigenvalue weighted by Crippen LogP contribution is -2.47. The number of alkyl halides is 3. The highest BCUT2D eigenvalue weighted by Crippen LogP contribution is 2.34. The summed E-state index contributed by atoms with van der Waals surface area (Å²) in [7, 11) is 3.99. The van der Waals surface area contributed by atoms with Gasteiger partial charge < -0.3 is 31.1 Å². The number of aryl methyl sites for hydroxylation is 1. The molecule has 202 valence electrons. The number of piperazine rings is 2. The predicted molar refractivity (Wildman–Crippen MR) is 138 cm³/mol. The summed E-state index contributed by atoms with van der Waals surface area (Å²) in [6.45, 7) is 7.59. The highest BCUT2D eigenvalue weighted by Gasteiger charge is 2.36. The lowest BCUT2D eigenvalue weighted by molar-refractivity contribution is -0.138. The van der Waals surface area contributed by atoms with Crippen LogP contribution in [0.4, 0.5) is 24.5 Å². The number of carbonyl (C=O) groups is 2. The molecule has 4 rings (SSSR count). The fraction of sp³-hybridized carbons (Fsp3) is 0.462. The summed E-state index contributed by atoms with van der Waals surface area (Å²) < 4.78 is 39.0. The van der Waals surface area contributed by atoms with E-state index in [2.05, 4.69) is 11.9 Å². The summed E-state index contributed by atoms with van der Waals surface area (Å²) in [5.41, 5.74) is 12.2. The third-order valence-corrected chi connectivity index (χ3v) is 6.64. The molecule has 2 aliphatic rings. The maximum absolute atomic E-state index is 13.0. The van der Waals surface area contributed by atoms with Crippen molar-refractivity contribution >= 4 is 23.2 Å². The van der Waals surface area contributed by atoms with Crippen molar-refractivity contribution in [3.8, 4) is 0 Å². The van der Waals surface area contributed by atoms with Gasteiger partial charge in [-0.15, -0.1) is 0 Å². The fourth-order valence-corrected chi connectivity index (χ4v) is 4.27. The number of halogens is 3. The van der Waals surface area contributed by atoms with Crippen LogP contribution in [0.1, 0.15) is 31.8 Å². The summed E-state index contributed by atoms with van der Waals surface area (Å²) in [6, 6.07) is 8.74. The topological polar surface area (TPSA) is 99.1 Å². The van der Waals surface area contributed by atoms with E-state index in [0.717, 1.165) is 49.4 Å². The average molecular weight is 521 g/mol. The van der Waals surface area contributed by atoms with Gasteiger partial charge in [-0.25, -0.2) is 0 Å². The number of nitrogens with two attached hydrogens (primary N) is 2. The molecule has 11 heteroatoms. The number of benzene rings is 2. The van der Waals surface area contributed by atoms with Crippen molar-refractivity contribution in [1.29, 1.82) is 0 Å². The Labute approximate surface area is 215 Å². The molecule has 0 bridgehead atoms. The summed E-state index contributed by atoms with van der Waals surface area (Å²) in [4.78, 5) is 32.2. The van der Waals surface area contributed by atoms with E-state index in [1.807, 2.05) is 35.9 Å². The molecule has 2 aromatic rings. The fourth-order valence-electron chi connectivity index (χ4n) is 4.27. The van der Waals surface area contributed by atoms with Gasteiger partial charge in [0.25, 0.3) is 11.8 Å². The molecule has 0 aromatic heterocycles. The van der Waals surface area contributed by atoms with Crippen LogP contribution in [0, 0.1) is 6.92 Å². The maximum Gasteiger partial charge on any atom is 0.417 e. The van der Waals surface area contributed by atoms with E-state index in [9.17, 15) is 22.8 Å². The first kappa shape index (κ1) is 28.3. The SMILES string of the molecule is CN1CCN(C(=O)c2ccc(N)cc2C(F)(F)F)CC1.Cc1cc(N)ccc1C(=O)N1CCN(C)CC1. The van der Waals surface area contributed by atoms with E-state index in [0.29, 0.717) is 31.9 Å². The van der Waals surface area contributed by atoms with Gasteiger partial charge in [0, 0.05) is 69.3 Å². The van der Waals surface area contributed by atoms with Gasteiger partial charge in [-0.3, -0.25) is 9.59 Å². The second-order valence-electron chi connectivity index (χ2n) is 9.57. The van der Waals surface area contributed by atoms with E-state index in [-0.39, 0.29) is 17.2 Å². The normalized spacial score (nSPS) is 17.2. The lowest BCUT2D eigenvalue weighted by Gasteiger charge is -2.33. The molecule has 2 aromatic carbocycles. The zero-order valence-electron chi connectivity index (χ0n) is 21.5. The van der Waals surface area contributed by atoms with Crippen LogP contribution in [-0.2, 0) is 6.18 Å². The summed E-state index contributed by atoms with van der Waals surface area (Å²) in [5.74, 6) is -0.471. The van der Waals surface area contributed by atoms with E-state index < -0.39 is 17.6 Å². The summed E-state index contributed by atoms with van der Waals surface area (Å²) in [6.07, 6.45) is -4.59. The first-order chi connectivity index (χ1) is 17.4. The molecular formula is C26H35F3N6O2. The molecule has 0 spiro atoms. The maximum atomic E-state index is 13.0. The molecule has 0 radical (unpaired) electrons. The number of likely N-dealkylation sites (N-methyl/N-ethyl adjacent to an activating group) is 2. The van der Waals surface area contributed by atoms with Gasteiger partial charge in [0.05, 0.1) is 11.1 Å². The molecule has 0 aliphatic carbocycles. The van der Waals surface area contributed by atoms with Crippen LogP contribution in [0.15, 0.2) is 36.4 Å². The number of hydrogen-bond acceptors (Lipinski definition) is 6. The predicted octanol–water partition coefficient (Wildman–Crippen LogP) is 2.64. The molecule has 2 aliphatic heterocycles. The van der Waals surface area contributed by atoms with Gasteiger partial charge >= 0.3 is 6.18 Å². The third-order valence-electron chi connectivity index (χ3n) is 6.64. The highest BCUT2D eigenvalue weighted by molar-refractivity contribution is 5.97. The lowest BCUT2D eigenvalue weighted by atomic mass is 10.0. The first-order valence-corrected chi connectivity index (χ1v) is 12.2. The Hall–Kier alpha value is -3.31. The molecular weight excluding hydrogens is 485 g/mol. The van der Waals surface area contributed by atoms with Crippen molar-refractivity contribution in [2.75, 3.05) is 77.9 Å². The second kappa shape index (κ2) is 11.8. The minimum absolute atomic E-state index is 0.00717. The number of hydrogen-bond donors (Lipinski definition) is 2. The molecule has 37 heavy (non-hydrogen) atoms. The van der Waals surface area contributed by atoms with Gasteiger partial charge in [-0.2, -0.15) is 13.2 Å². The van der Waals surface area contributed by atoms with Crippen LogP contribution in [-0.4, -0.2) is 97.9 Å². The van der Waals surface area contributed by atoms with Crippen LogP contribution in [0.5, 0.6) is 0 Å². The molecule has 2 fully saturated rings. The summed E-state index contributed by atoms with van der Waals surface area (Å²) in [5, 5.41) is 0. The van der Waals surface area contributed by atoms with Crippen LogP contribution >= 0.6 is 0 Å². The Morgan fingerprint density at radius 3 is 1.54 bits per heavy atom. The van der Waals surface area contributed by atoms with Crippen LogP contribution in [0.25, 0.3) is 0 Å². The van der Waals surface area contributed by atoms with Crippen LogP contribution in [0.3, 0.4) is 0 Å². The largest absolute Gasteiger partial charge is 0.417 e. The van der Waals surface area contributed by atoms with E-state index >= 15 is 0 Å². The highest BCUT2D eigenvalue weighted by atomic mass is 19.4. The van der Waals surface area contributed by atoms with Crippen molar-refractivity contribution < 1.29 is 22.8 Å². The van der Waals surface area contributed by atoms with Gasteiger partial charge in [0.15, 0.2) is 0 Å². The zero-order chi connectivity index (χ0) is 27.3. The second-order valence-corrected chi connectivity index (χ2v) is 9.57. The van der Waals surface area contributed by atoms with Gasteiger partial charge in [0.1, 0.15) is 0 Å². The van der Waals surface area contributed by atoms with Crippen molar-refractivity contribution in [3.05, 3.63) is 58.7 Å². The number of rotatable bonds is 2. The number of nitrogens with zero attached hydrogens (tertiary/aromatic N) is 4. The molecule has 0 unspecified atom stereocenters. The molecule has 0 atom stereocenters. The standard InChI is InChI=1S/C13H16F3N3O.C13H19N3O/c1-18-4-6-19(7-5-18)12(20)10-3-2-9(17)8-11(10)13(14,15)16;1-10-9-11(14)3-4-12(10)13(17)16-7-5-15(2)6-8-16/h2-3,8H,4-7,17H2,1H3;3-4,9H,5-8,14H2,1-2H3. The number of amides is 2. The number of carbonyl (C=O) groups excluding carboxylic acids is 2. The number of anilines is 2. The van der Waals surface area contributed by atoms with E-state index in [1.165, 1.54) is 11.0 Å². The van der Waals surface area contributed by atoms with Crippen molar-refractivity contribution in [2.24, 2.45) is 0 Å². The van der Waals surface area contributed by atoms with Gasteiger partial charge in [-0.1, -0.05) is 0 Å². The quantitative estimate of drug-likeness (QED) is 0.591. The Kier molecular flexibility index (Phi) is 9.03. The molecule has 2 heterocycles. The van der Waals surface area contributed by atoms with Crippen molar-refractivity contribution in [2.45, 2.75) is 13.1 Å². The summed E-state index contributed by atoms with van der Waals surface area (Å²) >= 11 is 0. The van der Waals surface area contributed by atoms with Gasteiger partial charge in [-0.05, 0) is 63.0 Å². The molecule has 2 amide bonds. The average Bonchev–Trinajstić information content (AvgIpc) is 2.84. The van der Waals surface area contributed by atoms with E-state index in [1.54, 1.807) is 6.07 Å². The van der Waals surface area contributed by atoms with E-state index in [4.69, 9.17) is 11.5 Å². The minimum Gasteiger partial charge on any atom is -0.399 e. The Morgan fingerprint density at radius 1 is 0.703 bits per heavy atom. The smallest absolute Gasteiger partial charge is 0.399 e. The molecule has 0 saturated carbocycles. The van der Waals surface area contributed by atoms with Crippen LogP contribution < -0.4 is 11.5 Å². The molecule has 8 nitrogen and oxygen atoms in total. The number of nitrogen functional groups attached to an aromatic ring is 2. The Morgan fingerprint density at radius 2 is 1.11 bits per heavy atom. The van der Waals surface area contributed by atoms with Crippen molar-refractivity contribution in [3.63, 3.8) is 0 Å². The molecule has 2 saturated heterocycles. The molecule has 4 N–H and O–H groups in total. The third kappa shape index (κ3) is 7.36.